The van der Waals surface area contributed by atoms with Crippen molar-refractivity contribution in [2.24, 2.45) is 34.0 Å². The van der Waals surface area contributed by atoms with Gasteiger partial charge in [0.1, 0.15) is 12.2 Å². The van der Waals surface area contributed by atoms with Crippen molar-refractivity contribution in [1.82, 2.24) is 0 Å². The van der Waals surface area contributed by atoms with Crippen LogP contribution < -0.4 is 0 Å². The molecule has 0 amide bonds. The van der Waals surface area contributed by atoms with Gasteiger partial charge in [0.25, 0.3) is 0 Å². The predicted molar refractivity (Wildman–Crippen MR) is 147 cm³/mol. The quantitative estimate of drug-likeness (QED) is 0.375. The number of allylic oxidation sites excluding steroid dienone is 1. The summed E-state index contributed by atoms with van der Waals surface area (Å²) in [6.07, 6.45) is 3.38. The molecule has 1 aliphatic heterocycles. The number of rotatable bonds is 6. The van der Waals surface area contributed by atoms with Crippen LogP contribution in [-0.2, 0) is 33.4 Å². The lowest BCUT2D eigenvalue weighted by molar-refractivity contribution is -0.234. The molecule has 0 aromatic carbocycles. The third-order valence-electron chi connectivity index (χ3n) is 10.7. The fourth-order valence-electron chi connectivity index (χ4n) is 8.41. The zero-order valence-corrected chi connectivity index (χ0v) is 25.1. The van der Waals surface area contributed by atoms with Crippen LogP contribution in [0.25, 0.3) is 0 Å². The van der Waals surface area contributed by atoms with Crippen molar-refractivity contribution in [3.63, 3.8) is 0 Å². The van der Waals surface area contributed by atoms with Gasteiger partial charge >= 0.3 is 17.9 Å². The summed E-state index contributed by atoms with van der Waals surface area (Å²) in [5.41, 5.74) is -3.99. The molecule has 2 saturated carbocycles. The van der Waals surface area contributed by atoms with Crippen molar-refractivity contribution in [2.45, 2.75) is 84.7 Å². The normalized spacial score (nSPS) is 38.1. The average molecular weight is 585 g/mol. The van der Waals surface area contributed by atoms with E-state index in [0.29, 0.717) is 36.0 Å². The second kappa shape index (κ2) is 9.91. The standard InChI is InChI=1S/C32H40O10/c1-8-16(2)25(35)42-28-29(3,4)23(22(34)26(36)39-7)31(6)19-9-11-30(5)20(18(19)14-32(28,38)27(31)37)13-21(33)41-24(30)17-10-12-40-15-17/h10,12-16,19,22-24,28,34,38H,8-9,11H2,1-7H3/t16?,19-,22+,23-,24-,28-,30+,31-,32+/m0/s1. The molecule has 10 heteroatoms. The number of furan rings is 1. The minimum Gasteiger partial charge on any atom is -0.472 e. The molecular weight excluding hydrogens is 544 g/mol. The predicted octanol–water partition coefficient (Wildman–Crippen LogP) is 3.61. The van der Waals surface area contributed by atoms with Crippen molar-refractivity contribution in [1.29, 1.82) is 0 Å². The highest BCUT2D eigenvalue weighted by Gasteiger charge is 2.75. The van der Waals surface area contributed by atoms with Gasteiger partial charge < -0.3 is 28.8 Å². The lowest BCUT2D eigenvalue weighted by atomic mass is 9.40. The summed E-state index contributed by atoms with van der Waals surface area (Å²) in [7, 11) is 1.15. The molecule has 3 aliphatic carbocycles. The summed E-state index contributed by atoms with van der Waals surface area (Å²) in [5.74, 6) is -4.98. The first-order valence-corrected chi connectivity index (χ1v) is 14.5. The Kier molecular flexibility index (Phi) is 7.13. The fraction of sp³-hybridized carbons (Fsp3) is 0.625. The Labute approximate surface area is 245 Å². The third-order valence-corrected chi connectivity index (χ3v) is 10.7. The van der Waals surface area contributed by atoms with E-state index in [0.717, 1.165) is 7.11 Å². The molecule has 1 unspecified atom stereocenters. The monoisotopic (exact) mass is 584 g/mol. The number of hydrogen-bond acceptors (Lipinski definition) is 10. The van der Waals surface area contributed by atoms with Crippen LogP contribution in [0.1, 0.15) is 72.5 Å². The molecule has 5 rings (SSSR count). The molecule has 0 spiro atoms. The van der Waals surface area contributed by atoms with Gasteiger partial charge in [-0.25, -0.2) is 9.59 Å². The first-order chi connectivity index (χ1) is 19.6. The number of ketones is 1. The van der Waals surface area contributed by atoms with Crippen LogP contribution in [-0.4, -0.2) is 58.8 Å². The van der Waals surface area contributed by atoms with Gasteiger partial charge in [0.15, 0.2) is 17.5 Å². The molecule has 0 saturated heterocycles. The Morgan fingerprint density at radius 3 is 2.45 bits per heavy atom. The molecule has 2 heterocycles. The van der Waals surface area contributed by atoms with Crippen molar-refractivity contribution in [2.75, 3.05) is 7.11 Å². The molecule has 228 valence electrons. The number of hydrogen-bond donors (Lipinski definition) is 2. The lowest BCUT2D eigenvalue weighted by Gasteiger charge is -2.65. The zero-order valence-electron chi connectivity index (χ0n) is 25.1. The third kappa shape index (κ3) is 3.97. The minimum absolute atomic E-state index is 0.432. The lowest BCUT2D eigenvalue weighted by Crippen LogP contribution is -2.75. The Morgan fingerprint density at radius 1 is 1.17 bits per heavy atom. The molecule has 42 heavy (non-hydrogen) atoms. The van der Waals surface area contributed by atoms with Crippen molar-refractivity contribution in [3.8, 4) is 0 Å². The Bertz CT molecular complexity index is 1370. The Balaban J connectivity index is 1.75. The number of esters is 3. The summed E-state index contributed by atoms with van der Waals surface area (Å²) < 4.78 is 22.0. The molecule has 1 aromatic heterocycles. The second-order valence-electron chi connectivity index (χ2n) is 13.4. The summed E-state index contributed by atoms with van der Waals surface area (Å²) in [6, 6.07) is 1.73. The van der Waals surface area contributed by atoms with Crippen LogP contribution in [0.15, 0.2) is 46.3 Å². The summed E-state index contributed by atoms with van der Waals surface area (Å²) in [4.78, 5) is 53.6. The first kappa shape index (κ1) is 30.2. The number of carbonyl (C=O) groups excluding carboxylic acids is 4. The zero-order chi connectivity index (χ0) is 31.0. The number of fused-ring (bicyclic) bond motifs is 6. The van der Waals surface area contributed by atoms with Crippen molar-refractivity contribution < 1.29 is 48.0 Å². The van der Waals surface area contributed by atoms with Crippen LogP contribution in [0.5, 0.6) is 0 Å². The maximum absolute atomic E-state index is 14.5. The van der Waals surface area contributed by atoms with Crippen LogP contribution in [0, 0.1) is 34.0 Å². The van der Waals surface area contributed by atoms with E-state index in [1.54, 1.807) is 33.8 Å². The number of methoxy groups -OCH3 is 1. The van der Waals surface area contributed by atoms with E-state index < -0.39 is 81.6 Å². The SMILES string of the molecule is CCC(C)C(=O)O[C@H]1C(C)(C)[C@H]([C@@H](O)C(=O)OC)[C@@]2(C)C(=O)[C@]1(O)C=C1C3=CC(=O)O[C@@H](c4ccoc4)[C@]3(C)CC[C@@H]12. The number of aliphatic hydroxyl groups is 2. The number of cyclic esters (lactones) is 1. The van der Waals surface area contributed by atoms with Gasteiger partial charge in [0.2, 0.25) is 0 Å². The van der Waals surface area contributed by atoms with Crippen molar-refractivity contribution >= 4 is 23.7 Å². The molecular formula is C32H40O10. The van der Waals surface area contributed by atoms with Gasteiger partial charge in [0.05, 0.1) is 25.6 Å². The van der Waals surface area contributed by atoms with Crippen LogP contribution in [0.2, 0.25) is 0 Å². The maximum Gasteiger partial charge on any atom is 0.335 e. The second-order valence-corrected chi connectivity index (χ2v) is 13.4. The molecule has 9 atom stereocenters. The maximum atomic E-state index is 14.5. The van der Waals surface area contributed by atoms with Crippen LogP contribution in [0.3, 0.4) is 0 Å². The van der Waals surface area contributed by atoms with Gasteiger partial charge in [-0.3, -0.25) is 9.59 Å². The number of ether oxygens (including phenoxy) is 3. The number of aliphatic hydroxyl groups excluding tert-OH is 1. The first-order valence-electron chi connectivity index (χ1n) is 14.5. The Morgan fingerprint density at radius 2 is 1.86 bits per heavy atom. The fourth-order valence-corrected chi connectivity index (χ4v) is 8.41. The highest BCUT2D eigenvalue weighted by atomic mass is 16.6. The van der Waals surface area contributed by atoms with Gasteiger partial charge in [-0.15, -0.1) is 0 Å². The van der Waals surface area contributed by atoms with E-state index in [-0.39, 0.29) is 0 Å². The summed E-state index contributed by atoms with van der Waals surface area (Å²) in [5, 5.41) is 23.9. The summed E-state index contributed by atoms with van der Waals surface area (Å²) >= 11 is 0. The smallest absolute Gasteiger partial charge is 0.335 e. The average Bonchev–Trinajstić information content (AvgIpc) is 3.47. The van der Waals surface area contributed by atoms with Crippen LogP contribution in [0.4, 0.5) is 0 Å². The van der Waals surface area contributed by atoms with E-state index in [2.05, 4.69) is 0 Å². The van der Waals surface area contributed by atoms with Crippen LogP contribution >= 0.6 is 0 Å². The Hall–Kier alpha value is -3.24. The molecule has 10 nitrogen and oxygen atoms in total. The molecule has 1 aromatic rings. The van der Waals surface area contributed by atoms with Gasteiger partial charge in [-0.1, -0.05) is 41.5 Å². The van der Waals surface area contributed by atoms with Gasteiger partial charge in [-0.05, 0) is 48.5 Å². The molecule has 2 fully saturated rings. The molecule has 2 N–H and O–H groups in total. The highest BCUT2D eigenvalue weighted by molar-refractivity contribution is 6.00. The number of Topliss-reactive ketones (excluding diaryl/α,β-unsaturated/α-hetero) is 1. The number of carbonyl (C=O) groups is 4. The van der Waals surface area contributed by atoms with E-state index in [1.807, 2.05) is 13.8 Å². The molecule has 4 aliphatic rings. The van der Waals surface area contributed by atoms with E-state index >= 15 is 0 Å². The largest absolute Gasteiger partial charge is 0.472 e. The van der Waals surface area contributed by atoms with E-state index in [9.17, 15) is 29.4 Å². The molecule has 2 bridgehead atoms. The van der Waals surface area contributed by atoms with Gasteiger partial charge in [0, 0.05) is 33.8 Å². The topological polar surface area (TPSA) is 150 Å². The van der Waals surface area contributed by atoms with E-state index in [4.69, 9.17) is 18.6 Å². The minimum atomic E-state index is -2.30. The van der Waals surface area contributed by atoms with Gasteiger partial charge in [-0.2, -0.15) is 0 Å². The van der Waals surface area contributed by atoms with E-state index in [1.165, 1.54) is 24.7 Å². The van der Waals surface area contributed by atoms with Crippen molar-refractivity contribution in [3.05, 3.63) is 47.5 Å². The molecule has 0 radical (unpaired) electrons. The summed E-state index contributed by atoms with van der Waals surface area (Å²) in [6.45, 7) is 10.5. The highest BCUT2D eigenvalue weighted by Crippen LogP contribution is 2.68.